The van der Waals surface area contributed by atoms with Gasteiger partial charge in [0.2, 0.25) is 5.25 Å². The molecule has 8 nitrogen and oxygen atoms in total. The fourth-order valence-corrected chi connectivity index (χ4v) is 7.30. The molecular weight excluding hydrogens is 460 g/mol. The van der Waals surface area contributed by atoms with Crippen LogP contribution in [0.25, 0.3) is 0 Å². The molecular formula is C26H37N6O2S+. The Kier molecular flexibility index (Phi) is 5.81. The lowest BCUT2D eigenvalue weighted by molar-refractivity contribution is -0.0563. The standard InChI is InChI=1S/C26H37N6O2S/c1-17(35-34)3-6-21(27-2)9-18-10-25(11-18)7-8-31(14-25)24(33)32-15-26(16-32)12-20(13-26)23-28-22(29-30-23)19-4-5-19/h6,17-20H,2-5,7-16H2,1H3,(H,28,29,30)/q+1/b21-6-. The smallest absolute Gasteiger partial charge is 0.324 e. The molecule has 3 heterocycles. The van der Waals surface area contributed by atoms with E-state index in [-0.39, 0.29) is 11.3 Å². The van der Waals surface area contributed by atoms with Gasteiger partial charge in [-0.25, -0.2) is 9.78 Å². The number of allylic oxidation sites excluding steroid dienone is 2. The van der Waals surface area contributed by atoms with Gasteiger partial charge in [-0.1, -0.05) is 6.08 Å². The maximum Gasteiger partial charge on any atom is 0.462 e. The van der Waals surface area contributed by atoms with Crippen LogP contribution in [0.3, 0.4) is 0 Å². The van der Waals surface area contributed by atoms with Crippen molar-refractivity contribution in [3.63, 3.8) is 0 Å². The summed E-state index contributed by atoms with van der Waals surface area (Å²) in [5.41, 5.74) is 1.64. The summed E-state index contributed by atoms with van der Waals surface area (Å²) < 4.78 is 10.9. The maximum atomic E-state index is 13.2. The summed E-state index contributed by atoms with van der Waals surface area (Å²) in [5, 5.41) is 7.68. The minimum Gasteiger partial charge on any atom is -0.324 e. The molecule has 1 N–H and O–H groups in total. The first-order chi connectivity index (χ1) is 16.9. The summed E-state index contributed by atoms with van der Waals surface area (Å²) >= 11 is 0.646. The van der Waals surface area contributed by atoms with Crippen LogP contribution in [0.4, 0.5) is 4.79 Å². The number of hydrogen-bond acceptors (Lipinski definition) is 5. The summed E-state index contributed by atoms with van der Waals surface area (Å²) in [6, 6.07) is 0.241. The van der Waals surface area contributed by atoms with Crippen LogP contribution >= 0.6 is 0 Å². The van der Waals surface area contributed by atoms with Crippen molar-refractivity contribution in [2.45, 2.75) is 81.8 Å². The number of likely N-dealkylation sites (tertiary alicyclic amines) is 2. The quantitative estimate of drug-likeness (QED) is 0.429. The van der Waals surface area contributed by atoms with E-state index < -0.39 is 0 Å². The summed E-state index contributed by atoms with van der Waals surface area (Å²) in [4.78, 5) is 26.3. The van der Waals surface area contributed by atoms with Crippen molar-refractivity contribution in [3.05, 3.63) is 23.4 Å². The highest BCUT2D eigenvalue weighted by Crippen LogP contribution is 2.57. The highest BCUT2D eigenvalue weighted by Gasteiger charge is 2.57. The molecule has 1 aromatic rings. The van der Waals surface area contributed by atoms with Gasteiger partial charge < -0.3 is 9.80 Å². The number of carbonyl (C=O) groups is 1. The molecule has 35 heavy (non-hydrogen) atoms. The van der Waals surface area contributed by atoms with Crippen molar-refractivity contribution in [2.24, 2.45) is 21.7 Å². The molecule has 188 valence electrons. The Morgan fingerprint density at radius 3 is 2.63 bits per heavy atom. The number of nitrogens with one attached hydrogen (secondary N) is 1. The SMILES string of the molecule is C=N/C(=C\CC(C)[S+]=O)CC1CC2(CCN(C(=O)N3CC4(CC(c5n[nH]c(C6CC6)n5)C4)C3)C2)C1. The van der Waals surface area contributed by atoms with Crippen molar-refractivity contribution >= 4 is 24.4 Å². The predicted molar refractivity (Wildman–Crippen MR) is 135 cm³/mol. The number of aromatic amines is 1. The minimum absolute atomic E-state index is 0.0718. The Hall–Kier alpha value is -2.16. The zero-order chi connectivity index (χ0) is 24.2. The third kappa shape index (κ3) is 4.45. The molecule has 0 bridgehead atoms. The molecule has 5 aliphatic rings. The molecule has 3 aliphatic carbocycles. The van der Waals surface area contributed by atoms with Gasteiger partial charge >= 0.3 is 17.7 Å². The monoisotopic (exact) mass is 497 g/mol. The summed E-state index contributed by atoms with van der Waals surface area (Å²) in [6.07, 6.45) is 11.9. The molecule has 0 radical (unpaired) electrons. The molecule has 3 saturated carbocycles. The molecule has 5 fully saturated rings. The molecule has 2 saturated heterocycles. The molecule has 2 aliphatic heterocycles. The van der Waals surface area contributed by atoms with Crippen LogP contribution in [-0.2, 0) is 15.9 Å². The van der Waals surface area contributed by atoms with Crippen LogP contribution in [0.1, 0.15) is 88.2 Å². The van der Waals surface area contributed by atoms with Gasteiger partial charge in [0.25, 0.3) is 0 Å². The van der Waals surface area contributed by atoms with Gasteiger partial charge in [0, 0.05) is 59.8 Å². The van der Waals surface area contributed by atoms with Crippen LogP contribution in [0.2, 0.25) is 0 Å². The molecule has 0 aromatic carbocycles. The first-order valence-corrected chi connectivity index (χ1v) is 14.1. The number of aromatic nitrogens is 3. The van der Waals surface area contributed by atoms with Gasteiger partial charge in [-0.2, -0.15) is 5.10 Å². The van der Waals surface area contributed by atoms with Crippen molar-refractivity contribution in [1.82, 2.24) is 25.0 Å². The first-order valence-electron chi connectivity index (χ1n) is 13.3. The Bertz CT molecular complexity index is 1030. The van der Waals surface area contributed by atoms with Crippen molar-refractivity contribution in [3.8, 4) is 0 Å². The van der Waals surface area contributed by atoms with E-state index in [1.165, 1.54) is 25.7 Å². The molecule has 1 atom stereocenters. The van der Waals surface area contributed by atoms with E-state index in [2.05, 4.69) is 37.8 Å². The molecule has 1 unspecified atom stereocenters. The largest absolute Gasteiger partial charge is 0.462 e. The predicted octanol–water partition coefficient (Wildman–Crippen LogP) is 4.26. The van der Waals surface area contributed by atoms with Gasteiger partial charge in [-0.3, -0.25) is 10.1 Å². The van der Waals surface area contributed by atoms with E-state index in [9.17, 15) is 9.00 Å². The summed E-state index contributed by atoms with van der Waals surface area (Å²) in [6.45, 7) is 9.25. The minimum atomic E-state index is 0.0718. The highest BCUT2D eigenvalue weighted by atomic mass is 32.1. The number of aliphatic imine (C=N–C) groups is 1. The number of H-pyrrole nitrogens is 1. The van der Waals surface area contributed by atoms with Crippen molar-refractivity contribution in [2.75, 3.05) is 26.2 Å². The molecule has 6 rings (SSSR count). The van der Waals surface area contributed by atoms with Gasteiger partial charge in [0.1, 0.15) is 5.82 Å². The number of carbonyl (C=O) groups excluding carboxylic acids is 1. The molecule has 1 aromatic heterocycles. The van der Waals surface area contributed by atoms with Crippen LogP contribution in [0.5, 0.6) is 0 Å². The molecule has 9 heteroatoms. The van der Waals surface area contributed by atoms with Crippen LogP contribution in [0, 0.1) is 16.7 Å². The Morgan fingerprint density at radius 2 is 1.94 bits per heavy atom. The topological polar surface area (TPSA) is 94.5 Å². The Morgan fingerprint density at radius 1 is 1.20 bits per heavy atom. The van der Waals surface area contributed by atoms with Gasteiger partial charge in [0.15, 0.2) is 5.82 Å². The second kappa shape index (κ2) is 8.75. The van der Waals surface area contributed by atoms with Gasteiger partial charge in [0.05, 0.1) is 0 Å². The normalized spacial score (nSPS) is 27.9. The number of hydrogen-bond donors (Lipinski definition) is 1. The average molecular weight is 498 g/mol. The van der Waals surface area contributed by atoms with E-state index in [1.54, 1.807) is 0 Å². The third-order valence-electron chi connectivity index (χ3n) is 9.23. The number of rotatable bonds is 8. The number of urea groups is 1. The third-order valence-corrected chi connectivity index (χ3v) is 9.75. The van der Waals surface area contributed by atoms with Crippen LogP contribution in [0.15, 0.2) is 16.8 Å². The van der Waals surface area contributed by atoms with Crippen molar-refractivity contribution in [1.29, 1.82) is 0 Å². The van der Waals surface area contributed by atoms with E-state index in [4.69, 9.17) is 4.98 Å². The van der Waals surface area contributed by atoms with Gasteiger partial charge in [-0.05, 0) is 76.3 Å². The Labute approximate surface area is 211 Å². The number of amides is 2. The first kappa shape index (κ1) is 23.3. The maximum absolute atomic E-state index is 13.2. The second-order valence-corrected chi connectivity index (χ2v) is 13.2. The van der Waals surface area contributed by atoms with E-state index in [0.717, 1.165) is 75.6 Å². The van der Waals surface area contributed by atoms with E-state index in [1.807, 2.05) is 6.92 Å². The lowest BCUT2D eigenvalue weighted by Crippen LogP contribution is -2.65. The zero-order valence-electron chi connectivity index (χ0n) is 20.7. The average Bonchev–Trinajstić information content (AvgIpc) is 3.34. The van der Waals surface area contributed by atoms with Crippen molar-refractivity contribution < 1.29 is 9.00 Å². The number of nitrogens with zero attached hydrogens (tertiary/aromatic N) is 5. The molecule has 2 spiro atoms. The van der Waals surface area contributed by atoms with E-state index >= 15 is 0 Å². The second-order valence-electron chi connectivity index (χ2n) is 12.2. The lowest BCUT2D eigenvalue weighted by atomic mass is 9.57. The summed E-state index contributed by atoms with van der Waals surface area (Å²) in [7, 11) is 0. The lowest BCUT2D eigenvalue weighted by Gasteiger charge is -2.59. The fraction of sp³-hybridized carbons (Fsp3) is 0.769. The molecule has 2 amide bonds. The van der Waals surface area contributed by atoms with Crippen LogP contribution in [-0.4, -0.2) is 69.2 Å². The van der Waals surface area contributed by atoms with E-state index in [0.29, 0.717) is 40.3 Å². The summed E-state index contributed by atoms with van der Waals surface area (Å²) in [5.74, 6) is 3.77. The zero-order valence-corrected chi connectivity index (χ0v) is 21.6. The fourth-order valence-electron chi connectivity index (χ4n) is 7.13. The van der Waals surface area contributed by atoms with Gasteiger partial charge in [-0.15, -0.1) is 0 Å². The highest BCUT2D eigenvalue weighted by molar-refractivity contribution is 7.66. The Balaban J connectivity index is 0.936. The van der Waals surface area contributed by atoms with Crippen LogP contribution < -0.4 is 0 Å².